The Labute approximate surface area is 102 Å². The Kier molecular flexibility index (Phi) is 3.81. The fourth-order valence-electron chi connectivity index (χ4n) is 0.608. The molecule has 0 unspecified atom stereocenters. The van der Waals surface area contributed by atoms with E-state index in [-0.39, 0.29) is 4.47 Å². The van der Waals surface area contributed by atoms with Crippen molar-refractivity contribution in [3.63, 3.8) is 0 Å². The van der Waals surface area contributed by atoms with Gasteiger partial charge in [0.15, 0.2) is 0 Å². The predicted octanol–water partition coefficient (Wildman–Crippen LogP) is 4.27. The number of alkyl halides is 3. The molecular weight excluding hydrogens is 399 g/mol. The Balaban J connectivity index is 3.06. The normalized spacial score (nSPS) is 11.6. The van der Waals surface area contributed by atoms with Gasteiger partial charge in [0.05, 0.1) is 13.4 Å². The summed E-state index contributed by atoms with van der Waals surface area (Å²) in [6.45, 7) is 0. The molecule has 0 spiro atoms. The molecule has 8 heteroatoms. The molecule has 0 aliphatic carbocycles. The van der Waals surface area contributed by atoms with Crippen LogP contribution < -0.4 is 4.74 Å². The van der Waals surface area contributed by atoms with E-state index in [1.807, 2.05) is 0 Å². The average Bonchev–Trinajstić information content (AvgIpc) is 2.04. The first-order valence-corrected chi connectivity index (χ1v) is 5.44. The summed E-state index contributed by atoms with van der Waals surface area (Å²) in [4.78, 5) is 3.46. The lowest BCUT2D eigenvalue weighted by Gasteiger charge is -2.10. The Bertz CT molecular complexity index is 355. The molecule has 0 amide bonds. The lowest BCUT2D eigenvalue weighted by Crippen LogP contribution is -2.18. The van der Waals surface area contributed by atoms with Crippen LogP contribution in [0, 0.1) is 0 Å². The van der Waals surface area contributed by atoms with Crippen LogP contribution in [-0.2, 0) is 0 Å². The number of hydrogen-bond acceptors (Lipinski definition) is 2. The molecule has 2 nitrogen and oxygen atoms in total. The number of hydrogen-bond donors (Lipinski definition) is 0. The minimum absolute atomic E-state index is 0.101. The monoisotopic (exact) mass is 397 g/mol. The molecule has 0 fully saturated rings. The van der Waals surface area contributed by atoms with Gasteiger partial charge in [0.25, 0.3) is 0 Å². The molecule has 0 N–H and O–H groups in total. The van der Waals surface area contributed by atoms with Crippen LogP contribution in [0.4, 0.5) is 13.2 Å². The Hall–Kier alpha value is 0.180. The van der Waals surface area contributed by atoms with Gasteiger partial charge in [-0.1, -0.05) is 0 Å². The number of pyridine rings is 1. The highest BCUT2D eigenvalue weighted by Crippen LogP contribution is 2.37. The van der Waals surface area contributed by atoms with Gasteiger partial charge in [0.1, 0.15) is 0 Å². The van der Waals surface area contributed by atoms with E-state index >= 15 is 0 Å². The molecule has 0 bridgehead atoms. The van der Waals surface area contributed by atoms with Crippen LogP contribution in [0.15, 0.2) is 19.6 Å². The average molecular weight is 400 g/mol. The molecule has 0 aliphatic heterocycles. The van der Waals surface area contributed by atoms with E-state index in [4.69, 9.17) is 0 Å². The first-order chi connectivity index (χ1) is 6.31. The van der Waals surface area contributed by atoms with Crippen molar-refractivity contribution in [2.75, 3.05) is 0 Å². The van der Waals surface area contributed by atoms with Gasteiger partial charge in [0, 0.05) is 6.20 Å². The minimum atomic E-state index is -4.75. The van der Waals surface area contributed by atoms with Gasteiger partial charge in [-0.3, -0.25) is 0 Å². The second kappa shape index (κ2) is 4.36. The maximum Gasteiger partial charge on any atom is 0.574 e. The number of ether oxygens (including phenoxy) is 1. The molecule has 1 rings (SSSR count). The van der Waals surface area contributed by atoms with Crippen LogP contribution in [-0.4, -0.2) is 11.3 Å². The summed E-state index contributed by atoms with van der Waals surface area (Å²) in [5, 5.41) is 0. The quantitative estimate of drug-likeness (QED) is 0.703. The zero-order valence-electron chi connectivity index (χ0n) is 6.20. The van der Waals surface area contributed by atoms with E-state index in [1.165, 1.54) is 6.20 Å². The summed E-state index contributed by atoms with van der Waals surface area (Å²) in [5.74, 6) is -0.535. The summed E-state index contributed by atoms with van der Waals surface area (Å²) < 4.78 is 40.2. The minimum Gasteiger partial charge on any atom is -0.387 e. The third kappa shape index (κ3) is 3.09. The molecule has 0 atom stereocenters. The van der Waals surface area contributed by atoms with Gasteiger partial charge in [0.2, 0.25) is 5.88 Å². The molecular formula is C6HBr3F3NO. The van der Waals surface area contributed by atoms with Crippen LogP contribution in [0.3, 0.4) is 0 Å². The van der Waals surface area contributed by atoms with Crippen LogP contribution in [0.1, 0.15) is 0 Å². The molecule has 0 aliphatic rings. The van der Waals surface area contributed by atoms with Crippen molar-refractivity contribution in [2.24, 2.45) is 0 Å². The van der Waals surface area contributed by atoms with E-state index in [0.717, 1.165) is 0 Å². The van der Waals surface area contributed by atoms with Crippen molar-refractivity contribution in [1.82, 2.24) is 4.98 Å². The second-order valence-electron chi connectivity index (χ2n) is 2.09. The zero-order valence-corrected chi connectivity index (χ0v) is 11.0. The SMILES string of the molecule is FC(F)(F)Oc1ncc(Br)c(Br)c1Br. The van der Waals surface area contributed by atoms with Gasteiger partial charge < -0.3 is 4.74 Å². The fraction of sp³-hybridized carbons (Fsp3) is 0.167. The van der Waals surface area contributed by atoms with Crippen molar-refractivity contribution in [2.45, 2.75) is 6.36 Å². The van der Waals surface area contributed by atoms with Gasteiger partial charge in [-0.25, -0.2) is 4.98 Å². The van der Waals surface area contributed by atoms with E-state index in [0.29, 0.717) is 8.95 Å². The molecule has 0 radical (unpaired) electrons. The summed E-state index contributed by atoms with van der Waals surface area (Å²) >= 11 is 9.06. The predicted molar refractivity (Wildman–Crippen MR) is 54.0 cm³/mol. The van der Waals surface area contributed by atoms with E-state index < -0.39 is 12.2 Å². The van der Waals surface area contributed by atoms with E-state index in [1.54, 1.807) is 0 Å². The molecule has 1 aromatic rings. The van der Waals surface area contributed by atoms with Crippen molar-refractivity contribution in [3.8, 4) is 5.88 Å². The van der Waals surface area contributed by atoms with Crippen LogP contribution in [0.25, 0.3) is 0 Å². The molecule has 1 heterocycles. The maximum absolute atomic E-state index is 11.8. The fourth-order valence-corrected chi connectivity index (χ4v) is 1.84. The van der Waals surface area contributed by atoms with E-state index in [9.17, 15) is 13.2 Å². The van der Waals surface area contributed by atoms with Gasteiger partial charge in [-0.05, 0) is 47.8 Å². The van der Waals surface area contributed by atoms with Crippen LogP contribution in [0.2, 0.25) is 0 Å². The van der Waals surface area contributed by atoms with Gasteiger partial charge in [-0.15, -0.1) is 13.2 Å². The molecule has 14 heavy (non-hydrogen) atoms. The largest absolute Gasteiger partial charge is 0.574 e. The van der Waals surface area contributed by atoms with Crippen molar-refractivity contribution in [3.05, 3.63) is 19.6 Å². The molecule has 0 saturated heterocycles. The van der Waals surface area contributed by atoms with Crippen molar-refractivity contribution >= 4 is 47.8 Å². The highest BCUT2D eigenvalue weighted by Gasteiger charge is 2.33. The Morgan fingerprint density at radius 2 is 1.71 bits per heavy atom. The highest BCUT2D eigenvalue weighted by molar-refractivity contribution is 9.14. The second-order valence-corrected chi connectivity index (χ2v) is 4.53. The topological polar surface area (TPSA) is 22.1 Å². The van der Waals surface area contributed by atoms with Crippen LogP contribution >= 0.6 is 47.8 Å². The summed E-state index contributed by atoms with van der Waals surface area (Å²) in [6, 6.07) is 0. The van der Waals surface area contributed by atoms with Crippen molar-refractivity contribution < 1.29 is 17.9 Å². The maximum atomic E-state index is 11.8. The summed E-state index contributed by atoms with van der Waals surface area (Å²) in [5.41, 5.74) is 0. The lowest BCUT2D eigenvalue weighted by molar-refractivity contribution is -0.276. The molecule has 0 saturated carbocycles. The number of aromatic nitrogens is 1. The first kappa shape index (κ1) is 12.3. The summed E-state index contributed by atoms with van der Waals surface area (Å²) in [6.07, 6.45) is -3.54. The lowest BCUT2D eigenvalue weighted by atomic mass is 10.5. The molecule has 78 valence electrons. The third-order valence-electron chi connectivity index (χ3n) is 1.10. The number of rotatable bonds is 1. The smallest absolute Gasteiger partial charge is 0.387 e. The highest BCUT2D eigenvalue weighted by atomic mass is 79.9. The zero-order chi connectivity index (χ0) is 10.9. The standard InChI is InChI=1S/C6HBr3F3NO/c7-2-1-13-5(4(9)3(2)8)14-6(10,11)12/h1H. The van der Waals surface area contributed by atoms with Gasteiger partial charge in [-0.2, -0.15) is 0 Å². The molecule has 0 aromatic carbocycles. The third-order valence-corrected chi connectivity index (χ3v) is 4.32. The van der Waals surface area contributed by atoms with E-state index in [2.05, 4.69) is 57.5 Å². The molecule has 1 aromatic heterocycles. The number of halogens is 6. The van der Waals surface area contributed by atoms with Crippen molar-refractivity contribution in [1.29, 1.82) is 0 Å². The summed E-state index contributed by atoms with van der Waals surface area (Å²) in [7, 11) is 0. The van der Waals surface area contributed by atoms with Gasteiger partial charge >= 0.3 is 6.36 Å². The first-order valence-electron chi connectivity index (χ1n) is 3.06. The Morgan fingerprint density at radius 1 is 1.14 bits per heavy atom. The van der Waals surface area contributed by atoms with Crippen LogP contribution in [0.5, 0.6) is 5.88 Å². The number of nitrogens with zero attached hydrogens (tertiary/aromatic N) is 1. The Morgan fingerprint density at radius 3 is 2.21 bits per heavy atom.